The minimum Gasteiger partial charge on any atom is -0.465 e. The smallest absolute Gasteiger partial charge is 0.405 e. The molecule has 0 aliphatic heterocycles. The lowest BCUT2D eigenvalue weighted by Gasteiger charge is -2.29. The predicted octanol–water partition coefficient (Wildman–Crippen LogP) is 3.41. The van der Waals surface area contributed by atoms with Gasteiger partial charge in [-0.25, -0.2) is 4.79 Å². The van der Waals surface area contributed by atoms with Crippen LogP contribution in [0.3, 0.4) is 0 Å². The molecule has 1 aliphatic rings. The first-order chi connectivity index (χ1) is 8.27. The molecule has 1 aromatic carbocycles. The molecule has 1 fully saturated rings. The first-order valence-electron chi connectivity index (χ1n) is 6.19. The van der Waals surface area contributed by atoms with Crippen molar-refractivity contribution in [2.75, 3.05) is 0 Å². The van der Waals surface area contributed by atoms with Crippen molar-refractivity contribution in [3.8, 4) is 0 Å². The molecule has 1 amide bonds. The molecule has 2 rings (SSSR count). The molecule has 0 heterocycles. The molecule has 91 valence electrons. The second-order valence-electron chi connectivity index (χ2n) is 4.54. The Balaban J connectivity index is 2.15. The third-order valence-electron chi connectivity index (χ3n) is 3.34. The maximum Gasteiger partial charge on any atom is 0.405 e. The van der Waals surface area contributed by atoms with Gasteiger partial charge in [-0.2, -0.15) is 0 Å². The summed E-state index contributed by atoms with van der Waals surface area (Å²) in [5.41, 5.74) is 1.00. The fourth-order valence-electron chi connectivity index (χ4n) is 2.53. The van der Waals surface area contributed by atoms with E-state index < -0.39 is 6.09 Å². The fourth-order valence-corrected chi connectivity index (χ4v) is 2.53. The van der Waals surface area contributed by atoms with Gasteiger partial charge in [-0.1, -0.05) is 49.6 Å². The number of benzene rings is 1. The van der Waals surface area contributed by atoms with Gasteiger partial charge in [0.1, 0.15) is 0 Å². The van der Waals surface area contributed by atoms with Gasteiger partial charge in [0.2, 0.25) is 0 Å². The minimum atomic E-state index is -0.963. The van der Waals surface area contributed by atoms with Crippen molar-refractivity contribution >= 4 is 6.09 Å². The summed E-state index contributed by atoms with van der Waals surface area (Å²) < 4.78 is 0. The Morgan fingerprint density at radius 1 is 1.12 bits per heavy atom. The fraction of sp³-hybridized carbons (Fsp3) is 0.429. The molecule has 17 heavy (non-hydrogen) atoms. The second-order valence-corrected chi connectivity index (χ2v) is 4.54. The zero-order chi connectivity index (χ0) is 12.1. The Hall–Kier alpha value is -1.51. The van der Waals surface area contributed by atoms with Crippen LogP contribution in [0.2, 0.25) is 0 Å². The lowest BCUT2D eigenvalue weighted by atomic mass is 9.81. The molecule has 2 N–H and O–H groups in total. The largest absolute Gasteiger partial charge is 0.465 e. The molecular weight excluding hydrogens is 214 g/mol. The number of carboxylic acid groups (broad SMARTS) is 1. The summed E-state index contributed by atoms with van der Waals surface area (Å²) in [6.45, 7) is 0. The summed E-state index contributed by atoms with van der Waals surface area (Å²) in [5.74, 6) is 0.363. The van der Waals surface area contributed by atoms with Gasteiger partial charge >= 0.3 is 6.09 Å². The minimum absolute atomic E-state index is 0.363. The van der Waals surface area contributed by atoms with Crippen molar-refractivity contribution in [1.29, 1.82) is 0 Å². The van der Waals surface area contributed by atoms with Gasteiger partial charge in [-0.15, -0.1) is 0 Å². The average molecular weight is 232 g/mol. The Kier molecular flexibility index (Phi) is 4.02. The third-order valence-corrected chi connectivity index (χ3v) is 3.34. The highest BCUT2D eigenvalue weighted by molar-refractivity contribution is 5.67. The summed E-state index contributed by atoms with van der Waals surface area (Å²) >= 11 is 0. The number of hydrogen-bond donors (Lipinski definition) is 2. The molecule has 3 heteroatoms. The van der Waals surface area contributed by atoms with E-state index in [9.17, 15) is 4.79 Å². The van der Waals surface area contributed by atoms with E-state index >= 15 is 0 Å². The van der Waals surface area contributed by atoms with Crippen LogP contribution in [0, 0.1) is 12.0 Å². The van der Waals surface area contributed by atoms with Crippen molar-refractivity contribution in [1.82, 2.24) is 5.32 Å². The quantitative estimate of drug-likeness (QED) is 0.839. The SMILES string of the molecule is O=C(O)N[C](c1ccccc1)C1CCCCC1. The molecule has 0 unspecified atom stereocenters. The Morgan fingerprint density at radius 2 is 1.76 bits per heavy atom. The summed E-state index contributed by atoms with van der Waals surface area (Å²) in [6, 6.07) is 10.7. The van der Waals surface area contributed by atoms with Crippen molar-refractivity contribution in [2.45, 2.75) is 32.1 Å². The maximum atomic E-state index is 10.9. The molecule has 0 atom stereocenters. The Labute approximate surface area is 102 Å². The zero-order valence-electron chi connectivity index (χ0n) is 9.86. The number of carbonyl (C=O) groups is 1. The van der Waals surface area contributed by atoms with Crippen LogP contribution in [-0.4, -0.2) is 11.2 Å². The first kappa shape index (κ1) is 12.0. The van der Waals surface area contributed by atoms with Crippen LogP contribution in [0.5, 0.6) is 0 Å². The number of amides is 1. The monoisotopic (exact) mass is 232 g/mol. The van der Waals surface area contributed by atoms with Crippen molar-refractivity contribution in [3.63, 3.8) is 0 Å². The molecule has 1 radical (unpaired) electrons. The van der Waals surface area contributed by atoms with Crippen LogP contribution in [-0.2, 0) is 0 Å². The zero-order valence-corrected chi connectivity index (χ0v) is 9.86. The highest BCUT2D eigenvalue weighted by Crippen LogP contribution is 2.33. The van der Waals surface area contributed by atoms with E-state index in [0.29, 0.717) is 5.92 Å². The van der Waals surface area contributed by atoms with Crippen molar-refractivity contribution < 1.29 is 9.90 Å². The standard InChI is InChI=1S/C14H18NO2/c16-14(17)15-13(11-7-3-1-4-8-11)12-9-5-2-6-10-12/h1,3-4,7-8,12,15H,2,5-6,9-10H2,(H,16,17). The van der Waals surface area contributed by atoms with E-state index in [4.69, 9.17) is 5.11 Å². The van der Waals surface area contributed by atoms with E-state index in [1.807, 2.05) is 30.3 Å². The van der Waals surface area contributed by atoms with Crippen molar-refractivity contribution in [3.05, 3.63) is 41.9 Å². The van der Waals surface area contributed by atoms with E-state index in [0.717, 1.165) is 24.4 Å². The average Bonchev–Trinajstić information content (AvgIpc) is 2.38. The van der Waals surface area contributed by atoms with E-state index in [-0.39, 0.29) is 0 Å². The maximum absolute atomic E-state index is 10.9. The van der Waals surface area contributed by atoms with Gasteiger partial charge in [0.05, 0.1) is 6.04 Å². The summed E-state index contributed by atoms with van der Waals surface area (Å²) in [5, 5.41) is 11.5. The van der Waals surface area contributed by atoms with Gasteiger partial charge in [-0.3, -0.25) is 0 Å². The highest BCUT2D eigenvalue weighted by Gasteiger charge is 2.27. The Morgan fingerprint density at radius 3 is 2.35 bits per heavy atom. The molecule has 1 aliphatic carbocycles. The molecule has 1 saturated carbocycles. The van der Waals surface area contributed by atoms with E-state index in [1.54, 1.807) is 0 Å². The number of nitrogens with one attached hydrogen (secondary N) is 1. The third kappa shape index (κ3) is 3.22. The Bertz CT molecular complexity index is 358. The highest BCUT2D eigenvalue weighted by atomic mass is 16.4. The van der Waals surface area contributed by atoms with Crippen LogP contribution in [0.1, 0.15) is 37.7 Å². The van der Waals surface area contributed by atoms with E-state index in [2.05, 4.69) is 5.32 Å². The normalized spacial score (nSPS) is 17.0. The molecule has 0 spiro atoms. The first-order valence-corrected chi connectivity index (χ1v) is 6.19. The molecule has 0 saturated heterocycles. The molecule has 0 aromatic heterocycles. The molecule has 1 aromatic rings. The van der Waals surface area contributed by atoms with Crippen LogP contribution in [0.4, 0.5) is 4.79 Å². The van der Waals surface area contributed by atoms with Crippen LogP contribution >= 0.6 is 0 Å². The van der Waals surface area contributed by atoms with E-state index in [1.165, 1.54) is 19.3 Å². The predicted molar refractivity (Wildman–Crippen MR) is 66.5 cm³/mol. The number of rotatable bonds is 3. The summed E-state index contributed by atoms with van der Waals surface area (Å²) in [4.78, 5) is 10.9. The van der Waals surface area contributed by atoms with Crippen LogP contribution < -0.4 is 5.32 Å². The summed E-state index contributed by atoms with van der Waals surface area (Å²) in [6.07, 6.45) is 4.88. The lowest BCUT2D eigenvalue weighted by molar-refractivity contribution is 0.192. The van der Waals surface area contributed by atoms with Gasteiger partial charge in [0.25, 0.3) is 0 Å². The topological polar surface area (TPSA) is 49.3 Å². The van der Waals surface area contributed by atoms with Gasteiger partial charge < -0.3 is 10.4 Å². The summed E-state index contributed by atoms with van der Waals surface area (Å²) in [7, 11) is 0. The van der Waals surface area contributed by atoms with Gasteiger partial charge in [-0.05, 0) is 24.3 Å². The van der Waals surface area contributed by atoms with Crippen LogP contribution in [0.25, 0.3) is 0 Å². The van der Waals surface area contributed by atoms with Crippen LogP contribution in [0.15, 0.2) is 30.3 Å². The molecule has 3 nitrogen and oxygen atoms in total. The van der Waals surface area contributed by atoms with Gasteiger partial charge in [0.15, 0.2) is 0 Å². The number of hydrogen-bond acceptors (Lipinski definition) is 1. The van der Waals surface area contributed by atoms with Gasteiger partial charge in [0, 0.05) is 0 Å². The molecular formula is C14H18NO2. The van der Waals surface area contributed by atoms with Crippen molar-refractivity contribution in [2.24, 2.45) is 5.92 Å². The second kappa shape index (κ2) is 5.71. The molecule has 0 bridgehead atoms. The lowest BCUT2D eigenvalue weighted by Crippen LogP contribution is -2.34.